The van der Waals surface area contributed by atoms with Crippen LogP contribution in [-0.4, -0.2) is 17.0 Å². The average Bonchev–Trinajstić information content (AvgIpc) is 2.24. The number of hydrogen-bond donors (Lipinski definition) is 0. The van der Waals surface area contributed by atoms with Crippen molar-refractivity contribution in [2.24, 2.45) is 0 Å². The second-order valence-electron chi connectivity index (χ2n) is 3.31. The number of benzene rings is 1. The number of esters is 1. The van der Waals surface area contributed by atoms with Crippen molar-refractivity contribution in [2.45, 2.75) is 19.8 Å². The fourth-order valence-corrected chi connectivity index (χ4v) is 1.72. The molecular weight excluding hydrogens is 319 g/mol. The molecule has 88 valence electrons. The molecule has 0 bridgehead atoms. The van der Waals surface area contributed by atoms with Gasteiger partial charge in [0.25, 0.3) is 0 Å². The number of rotatable bonds is 6. The van der Waals surface area contributed by atoms with Gasteiger partial charge in [0.1, 0.15) is 11.5 Å². The third-order valence-corrected chi connectivity index (χ3v) is 2.63. The number of unbranched alkanes of at least 4 members (excludes halogenated alkanes) is 1. The van der Waals surface area contributed by atoms with Crippen LogP contribution in [0.2, 0.25) is 0 Å². The summed E-state index contributed by atoms with van der Waals surface area (Å²) in [7, 11) is 0. The zero-order valence-corrected chi connectivity index (χ0v) is 11.4. The lowest BCUT2D eigenvalue weighted by Crippen LogP contribution is -2.02. The fourth-order valence-electron chi connectivity index (χ4n) is 1.18. The van der Waals surface area contributed by atoms with Gasteiger partial charge in [0.05, 0.1) is 6.61 Å². The van der Waals surface area contributed by atoms with Gasteiger partial charge in [-0.1, -0.05) is 28.7 Å². The third-order valence-electron chi connectivity index (χ3n) is 1.86. The smallest absolute Gasteiger partial charge is 0.308 e. The molecule has 3 nitrogen and oxygen atoms in total. The van der Waals surface area contributed by atoms with Crippen LogP contribution in [0.25, 0.3) is 0 Å². The fraction of sp³-hybridized carbons (Fsp3) is 0.417. The Bertz CT molecular complexity index is 339. The first kappa shape index (κ1) is 13.3. The minimum absolute atomic E-state index is 0.318. The minimum atomic E-state index is -0.318. The molecule has 0 aliphatic rings. The highest BCUT2D eigenvalue weighted by molar-refractivity contribution is 14.1. The second kappa shape index (κ2) is 7.49. The molecule has 4 heteroatoms. The largest absolute Gasteiger partial charge is 0.493 e. The molecule has 0 aliphatic carbocycles. The molecule has 0 amide bonds. The maximum Gasteiger partial charge on any atom is 0.308 e. The highest BCUT2D eigenvalue weighted by atomic mass is 127. The number of carbonyl (C=O) groups is 1. The Morgan fingerprint density at radius 3 is 2.75 bits per heavy atom. The summed E-state index contributed by atoms with van der Waals surface area (Å²) in [6, 6.07) is 7.13. The standard InChI is InChI=1S/C12H15IO3/c1-10(14)16-12-6-4-5-11(9-12)15-8-3-2-7-13/h4-6,9H,2-3,7-8H2,1H3. The van der Waals surface area contributed by atoms with Crippen molar-refractivity contribution in [1.82, 2.24) is 0 Å². The minimum Gasteiger partial charge on any atom is -0.493 e. The Labute approximate surface area is 109 Å². The van der Waals surface area contributed by atoms with Gasteiger partial charge >= 0.3 is 5.97 Å². The van der Waals surface area contributed by atoms with E-state index in [2.05, 4.69) is 22.6 Å². The lowest BCUT2D eigenvalue weighted by atomic mass is 10.3. The van der Waals surface area contributed by atoms with Crippen molar-refractivity contribution < 1.29 is 14.3 Å². The zero-order valence-electron chi connectivity index (χ0n) is 9.24. The van der Waals surface area contributed by atoms with Crippen LogP contribution in [0.5, 0.6) is 11.5 Å². The predicted octanol–water partition coefficient (Wildman–Crippen LogP) is 3.21. The quantitative estimate of drug-likeness (QED) is 0.263. The first-order chi connectivity index (χ1) is 7.72. The second-order valence-corrected chi connectivity index (χ2v) is 4.39. The van der Waals surface area contributed by atoms with E-state index < -0.39 is 0 Å². The molecule has 0 radical (unpaired) electrons. The molecule has 1 aromatic rings. The molecule has 0 saturated carbocycles. The molecular formula is C12H15IO3. The van der Waals surface area contributed by atoms with Crippen LogP contribution >= 0.6 is 22.6 Å². The van der Waals surface area contributed by atoms with Gasteiger partial charge in [-0.3, -0.25) is 4.79 Å². The summed E-state index contributed by atoms with van der Waals surface area (Å²) in [5.74, 6) is 0.952. The number of ether oxygens (including phenoxy) is 2. The Kier molecular flexibility index (Phi) is 6.22. The lowest BCUT2D eigenvalue weighted by molar-refractivity contribution is -0.131. The van der Waals surface area contributed by atoms with E-state index in [0.717, 1.165) is 23.0 Å². The summed E-state index contributed by atoms with van der Waals surface area (Å²) >= 11 is 2.35. The van der Waals surface area contributed by atoms with Crippen LogP contribution in [0.4, 0.5) is 0 Å². The van der Waals surface area contributed by atoms with Gasteiger partial charge in [0, 0.05) is 13.0 Å². The maximum atomic E-state index is 10.8. The number of hydrogen-bond acceptors (Lipinski definition) is 3. The van der Waals surface area contributed by atoms with E-state index >= 15 is 0 Å². The monoisotopic (exact) mass is 334 g/mol. The molecule has 0 aromatic heterocycles. The number of halogens is 1. The van der Waals surface area contributed by atoms with E-state index in [1.54, 1.807) is 12.1 Å². The van der Waals surface area contributed by atoms with Crippen molar-refractivity contribution in [3.63, 3.8) is 0 Å². The van der Waals surface area contributed by atoms with Gasteiger partial charge in [-0.05, 0) is 29.4 Å². The molecule has 0 atom stereocenters. The first-order valence-electron chi connectivity index (χ1n) is 5.19. The van der Waals surface area contributed by atoms with Crippen LogP contribution in [-0.2, 0) is 4.79 Å². The van der Waals surface area contributed by atoms with Crippen molar-refractivity contribution in [2.75, 3.05) is 11.0 Å². The Morgan fingerprint density at radius 2 is 2.06 bits per heavy atom. The van der Waals surface area contributed by atoms with Crippen LogP contribution in [0.3, 0.4) is 0 Å². The van der Waals surface area contributed by atoms with Crippen molar-refractivity contribution in [3.8, 4) is 11.5 Å². The molecule has 0 N–H and O–H groups in total. The molecule has 1 aromatic carbocycles. The summed E-state index contributed by atoms with van der Waals surface area (Å²) in [5, 5.41) is 0. The van der Waals surface area contributed by atoms with Crippen molar-refractivity contribution in [1.29, 1.82) is 0 Å². The average molecular weight is 334 g/mol. The summed E-state index contributed by atoms with van der Waals surface area (Å²) in [5.41, 5.74) is 0. The molecule has 1 rings (SSSR count). The van der Waals surface area contributed by atoms with Crippen LogP contribution < -0.4 is 9.47 Å². The first-order valence-corrected chi connectivity index (χ1v) is 6.72. The highest BCUT2D eigenvalue weighted by Gasteiger charge is 2.00. The Balaban J connectivity index is 2.44. The molecule has 0 spiro atoms. The Morgan fingerprint density at radius 1 is 1.31 bits per heavy atom. The van der Waals surface area contributed by atoms with Gasteiger partial charge in [-0.15, -0.1) is 0 Å². The van der Waals surface area contributed by atoms with E-state index in [9.17, 15) is 4.79 Å². The van der Waals surface area contributed by atoms with E-state index in [0.29, 0.717) is 12.4 Å². The van der Waals surface area contributed by atoms with E-state index in [1.807, 2.05) is 12.1 Å². The topological polar surface area (TPSA) is 35.5 Å². The summed E-state index contributed by atoms with van der Waals surface area (Å²) in [6.45, 7) is 2.08. The van der Waals surface area contributed by atoms with Crippen molar-refractivity contribution >= 4 is 28.6 Å². The van der Waals surface area contributed by atoms with Gasteiger partial charge in [-0.25, -0.2) is 0 Å². The Hall–Kier alpha value is -0.780. The van der Waals surface area contributed by atoms with E-state index in [-0.39, 0.29) is 5.97 Å². The summed E-state index contributed by atoms with van der Waals surface area (Å²) in [6.07, 6.45) is 2.20. The van der Waals surface area contributed by atoms with Crippen molar-refractivity contribution in [3.05, 3.63) is 24.3 Å². The van der Waals surface area contributed by atoms with E-state index in [4.69, 9.17) is 9.47 Å². The highest BCUT2D eigenvalue weighted by Crippen LogP contribution is 2.19. The predicted molar refractivity (Wildman–Crippen MR) is 71.4 cm³/mol. The van der Waals surface area contributed by atoms with Gasteiger partial charge in [0.2, 0.25) is 0 Å². The van der Waals surface area contributed by atoms with Gasteiger partial charge in [0.15, 0.2) is 0 Å². The zero-order chi connectivity index (χ0) is 11.8. The van der Waals surface area contributed by atoms with Crippen LogP contribution in [0, 0.1) is 0 Å². The molecule has 0 aliphatic heterocycles. The van der Waals surface area contributed by atoms with Gasteiger partial charge in [-0.2, -0.15) is 0 Å². The van der Waals surface area contributed by atoms with Gasteiger partial charge < -0.3 is 9.47 Å². The molecule has 0 heterocycles. The summed E-state index contributed by atoms with van der Waals surface area (Å²) in [4.78, 5) is 10.8. The van der Waals surface area contributed by atoms with E-state index in [1.165, 1.54) is 6.92 Å². The third kappa shape index (κ3) is 5.34. The SMILES string of the molecule is CC(=O)Oc1cccc(OCCCCI)c1. The van der Waals surface area contributed by atoms with Crippen LogP contribution in [0.1, 0.15) is 19.8 Å². The van der Waals surface area contributed by atoms with Crippen LogP contribution in [0.15, 0.2) is 24.3 Å². The molecule has 0 fully saturated rings. The molecule has 0 saturated heterocycles. The molecule has 16 heavy (non-hydrogen) atoms. The normalized spacial score (nSPS) is 9.88. The molecule has 0 unspecified atom stereocenters. The number of carbonyl (C=O) groups excluding carboxylic acids is 1. The number of alkyl halides is 1. The lowest BCUT2D eigenvalue weighted by Gasteiger charge is -2.07. The summed E-state index contributed by atoms with van der Waals surface area (Å²) < 4.78 is 11.6. The maximum absolute atomic E-state index is 10.8.